The van der Waals surface area contributed by atoms with Crippen molar-refractivity contribution in [2.45, 2.75) is 313 Å². The van der Waals surface area contributed by atoms with Gasteiger partial charge in [-0.25, -0.2) is 4.57 Å². The van der Waals surface area contributed by atoms with Gasteiger partial charge in [0.15, 0.2) is 6.10 Å². The predicted molar refractivity (Wildman–Crippen MR) is 268 cm³/mol. The summed E-state index contributed by atoms with van der Waals surface area (Å²) in [7, 11) is -5.12. The number of aliphatic hydroxyl groups excluding tert-OH is 5. The predicted octanol–water partition coefficient (Wildman–Crippen LogP) is 12.4. The van der Waals surface area contributed by atoms with Crippen molar-refractivity contribution in [2.24, 2.45) is 0 Å². The van der Waals surface area contributed by atoms with E-state index in [-0.39, 0.29) is 12.8 Å². The van der Waals surface area contributed by atoms with Crippen LogP contribution < -0.4 is 0 Å². The van der Waals surface area contributed by atoms with Gasteiger partial charge in [0.2, 0.25) is 0 Å². The molecule has 0 bridgehead atoms. The second-order valence-corrected chi connectivity index (χ2v) is 21.2. The lowest BCUT2D eigenvalue weighted by Crippen LogP contribution is -2.64. The molecule has 0 heterocycles. The Hall–Kier alpha value is -1.15. The van der Waals surface area contributed by atoms with Crippen molar-refractivity contribution in [2.75, 3.05) is 13.2 Å². The van der Waals surface area contributed by atoms with Crippen LogP contribution in [0.2, 0.25) is 0 Å². The highest BCUT2D eigenvalue weighted by Crippen LogP contribution is 2.47. The van der Waals surface area contributed by atoms with Crippen molar-refractivity contribution in [3.05, 3.63) is 0 Å². The maximum atomic E-state index is 12.9. The normalized spacial score (nSPS) is 21.0. The summed E-state index contributed by atoms with van der Waals surface area (Å²) in [6, 6.07) is 0. The van der Waals surface area contributed by atoms with Gasteiger partial charge < -0.3 is 39.9 Å². The SMILES string of the molecule is CCCCCCCCCCCCCCCCCCCCCCCCC(=O)O[C@H](COC(=O)CCCCCCCCCCCCCCCCCC)COP(=O)(O)OC1C(O)C(O)C(O)[C@@H](O)C1O. The fraction of sp³-hybridized carbons (Fsp3) is 0.962. The molecule has 0 spiro atoms. The van der Waals surface area contributed by atoms with Crippen molar-refractivity contribution < 1.29 is 63.1 Å². The van der Waals surface area contributed by atoms with Crippen LogP contribution in [0.3, 0.4) is 0 Å². The number of ether oxygens (including phenoxy) is 2. The number of hydrogen-bond acceptors (Lipinski definition) is 12. The molecule has 0 saturated heterocycles. The van der Waals surface area contributed by atoms with Crippen LogP contribution in [0.5, 0.6) is 0 Å². The van der Waals surface area contributed by atoms with Crippen molar-refractivity contribution in [1.29, 1.82) is 0 Å². The second kappa shape index (κ2) is 43.6. The van der Waals surface area contributed by atoms with Gasteiger partial charge in [0.05, 0.1) is 6.61 Å². The van der Waals surface area contributed by atoms with E-state index in [1.165, 1.54) is 193 Å². The summed E-state index contributed by atoms with van der Waals surface area (Å²) in [6.07, 6.45) is 34.4. The van der Waals surface area contributed by atoms with E-state index in [0.717, 1.165) is 38.5 Å². The summed E-state index contributed by atoms with van der Waals surface area (Å²) in [4.78, 5) is 35.9. The summed E-state index contributed by atoms with van der Waals surface area (Å²) in [6.45, 7) is 3.37. The molecule has 1 aliphatic rings. The van der Waals surface area contributed by atoms with Gasteiger partial charge in [0.25, 0.3) is 0 Å². The zero-order valence-corrected chi connectivity index (χ0v) is 43.6. The summed E-state index contributed by atoms with van der Waals surface area (Å²) in [5, 5.41) is 50.3. The molecule has 67 heavy (non-hydrogen) atoms. The maximum absolute atomic E-state index is 12.9. The minimum Gasteiger partial charge on any atom is -0.462 e. The largest absolute Gasteiger partial charge is 0.472 e. The number of phosphoric acid groups is 1. The van der Waals surface area contributed by atoms with Gasteiger partial charge in [0.1, 0.15) is 43.2 Å². The standard InChI is InChI=1S/C53H103O13P/c1-3-5-7-9-11-13-15-17-19-21-22-23-24-25-26-28-30-32-34-36-38-40-42-47(55)65-45(44-64-67(61,62)66-53-51(59)49(57)48(56)50(58)52(53)60)43-63-46(54)41-39-37-35-33-31-29-27-20-18-16-14-12-10-8-6-4-2/h45,48-53,56-60H,3-44H2,1-2H3,(H,61,62)/t45-,48?,49-,50?,51?,52?,53?/m1/s1. The van der Waals surface area contributed by atoms with E-state index in [9.17, 15) is 44.6 Å². The molecule has 13 nitrogen and oxygen atoms in total. The molecule has 0 amide bonds. The maximum Gasteiger partial charge on any atom is 0.472 e. The van der Waals surface area contributed by atoms with Crippen molar-refractivity contribution in [1.82, 2.24) is 0 Å². The molecule has 14 heteroatoms. The van der Waals surface area contributed by atoms with Gasteiger partial charge in [-0.1, -0.05) is 245 Å². The first-order chi connectivity index (χ1) is 32.4. The number of esters is 2. The van der Waals surface area contributed by atoms with E-state index in [1.807, 2.05) is 0 Å². The van der Waals surface area contributed by atoms with Gasteiger partial charge >= 0.3 is 19.8 Å². The van der Waals surface area contributed by atoms with Crippen LogP contribution in [-0.2, 0) is 32.7 Å². The van der Waals surface area contributed by atoms with Crippen LogP contribution in [0.15, 0.2) is 0 Å². The molecule has 0 aromatic heterocycles. The van der Waals surface area contributed by atoms with E-state index in [4.69, 9.17) is 18.5 Å². The highest BCUT2D eigenvalue weighted by atomic mass is 31.2. The third-order valence-electron chi connectivity index (χ3n) is 13.4. The molecule has 8 atom stereocenters. The minimum absolute atomic E-state index is 0.106. The molecule has 6 unspecified atom stereocenters. The number of unbranched alkanes of at least 4 members (excludes halogenated alkanes) is 36. The second-order valence-electron chi connectivity index (χ2n) is 19.8. The number of carbonyl (C=O) groups is 2. The lowest BCUT2D eigenvalue weighted by molar-refractivity contribution is -0.220. The molecule has 0 aliphatic heterocycles. The molecule has 0 aromatic rings. The quantitative estimate of drug-likeness (QED) is 0.0191. The third-order valence-corrected chi connectivity index (χ3v) is 14.4. The van der Waals surface area contributed by atoms with Crippen molar-refractivity contribution >= 4 is 19.8 Å². The average molecular weight is 979 g/mol. The Bertz CT molecular complexity index is 1180. The first-order valence-corrected chi connectivity index (χ1v) is 29.3. The van der Waals surface area contributed by atoms with Gasteiger partial charge in [0, 0.05) is 12.8 Å². The molecule has 1 rings (SSSR count). The van der Waals surface area contributed by atoms with E-state index in [2.05, 4.69) is 13.8 Å². The summed E-state index contributed by atoms with van der Waals surface area (Å²) in [5.41, 5.74) is 0. The summed E-state index contributed by atoms with van der Waals surface area (Å²) in [5.74, 6) is -1.08. The molecule has 398 valence electrons. The van der Waals surface area contributed by atoms with E-state index >= 15 is 0 Å². The lowest BCUT2D eigenvalue weighted by atomic mass is 9.85. The Morgan fingerprint density at radius 3 is 0.985 bits per heavy atom. The zero-order chi connectivity index (χ0) is 49.2. The third kappa shape index (κ3) is 35.6. The zero-order valence-electron chi connectivity index (χ0n) is 42.7. The Kier molecular flexibility index (Phi) is 41.6. The van der Waals surface area contributed by atoms with Gasteiger partial charge in [-0.2, -0.15) is 0 Å². The number of aliphatic hydroxyl groups is 5. The van der Waals surface area contributed by atoms with Crippen LogP contribution in [0.25, 0.3) is 0 Å². The Balaban J connectivity index is 2.33. The molecule has 1 aliphatic carbocycles. The van der Waals surface area contributed by atoms with E-state index < -0.39 is 75.7 Å². The highest BCUT2D eigenvalue weighted by Gasteiger charge is 2.51. The minimum atomic E-state index is -5.12. The Morgan fingerprint density at radius 2 is 0.672 bits per heavy atom. The average Bonchev–Trinajstić information content (AvgIpc) is 3.31. The smallest absolute Gasteiger partial charge is 0.462 e. The van der Waals surface area contributed by atoms with E-state index in [0.29, 0.717) is 12.8 Å². The summed E-state index contributed by atoms with van der Waals surface area (Å²) < 4.78 is 33.7. The van der Waals surface area contributed by atoms with Crippen LogP contribution in [0.1, 0.15) is 271 Å². The Morgan fingerprint density at radius 1 is 0.403 bits per heavy atom. The van der Waals surface area contributed by atoms with Crippen molar-refractivity contribution in [3.8, 4) is 0 Å². The van der Waals surface area contributed by atoms with Crippen LogP contribution in [0, 0.1) is 0 Å². The fourth-order valence-corrected chi connectivity index (χ4v) is 9.97. The molecule has 0 aromatic carbocycles. The number of phosphoric ester groups is 1. The first kappa shape index (κ1) is 63.9. The van der Waals surface area contributed by atoms with Crippen LogP contribution >= 0.6 is 7.82 Å². The number of hydrogen-bond donors (Lipinski definition) is 6. The topological polar surface area (TPSA) is 210 Å². The number of rotatable bonds is 48. The molecule has 1 fully saturated rings. The monoisotopic (exact) mass is 979 g/mol. The van der Waals surface area contributed by atoms with E-state index in [1.54, 1.807) is 0 Å². The fourth-order valence-electron chi connectivity index (χ4n) is 9.00. The lowest BCUT2D eigenvalue weighted by Gasteiger charge is -2.41. The van der Waals surface area contributed by atoms with Gasteiger partial charge in [-0.3, -0.25) is 18.6 Å². The van der Waals surface area contributed by atoms with Crippen molar-refractivity contribution in [3.63, 3.8) is 0 Å². The molecule has 0 radical (unpaired) electrons. The van der Waals surface area contributed by atoms with Gasteiger partial charge in [-0.05, 0) is 12.8 Å². The Labute approximate surface area is 408 Å². The molecule has 1 saturated carbocycles. The molecular formula is C53H103O13P. The highest BCUT2D eigenvalue weighted by molar-refractivity contribution is 7.47. The number of carbonyl (C=O) groups excluding carboxylic acids is 2. The summed E-state index contributed by atoms with van der Waals surface area (Å²) >= 11 is 0. The molecular weight excluding hydrogens is 876 g/mol. The molecule has 6 N–H and O–H groups in total. The van der Waals surface area contributed by atoms with Gasteiger partial charge in [-0.15, -0.1) is 0 Å². The first-order valence-electron chi connectivity index (χ1n) is 27.8. The van der Waals surface area contributed by atoms with Crippen LogP contribution in [0.4, 0.5) is 0 Å². The van der Waals surface area contributed by atoms with Crippen LogP contribution in [-0.4, -0.2) is 98.3 Å².